The molecule has 1 saturated heterocycles. The van der Waals surface area contributed by atoms with E-state index in [-0.39, 0.29) is 23.5 Å². The van der Waals surface area contributed by atoms with Gasteiger partial charge in [0.15, 0.2) is 0 Å². The van der Waals surface area contributed by atoms with Gasteiger partial charge >= 0.3 is 0 Å². The fraction of sp³-hybridized carbons (Fsp3) is 0.333. The number of carbonyl (C=O) groups excluding carboxylic acids is 2. The van der Waals surface area contributed by atoms with Gasteiger partial charge in [0.25, 0.3) is 5.91 Å². The Bertz CT molecular complexity index is 735. The predicted octanol–water partition coefficient (Wildman–Crippen LogP) is 3.22. The molecule has 24 heavy (non-hydrogen) atoms. The predicted molar refractivity (Wildman–Crippen MR) is 87.1 cm³/mol. The second kappa shape index (κ2) is 6.86. The summed E-state index contributed by atoms with van der Waals surface area (Å²) in [6.07, 6.45) is 4.11. The van der Waals surface area contributed by atoms with Gasteiger partial charge < -0.3 is 14.6 Å². The normalized spacial score (nSPS) is 15.3. The van der Waals surface area contributed by atoms with E-state index in [2.05, 4.69) is 5.32 Å². The van der Waals surface area contributed by atoms with E-state index in [9.17, 15) is 14.0 Å². The minimum Gasteiger partial charge on any atom is -0.472 e. The maximum Gasteiger partial charge on any atom is 0.257 e. The average molecular weight is 330 g/mol. The lowest BCUT2D eigenvalue weighted by Crippen LogP contribution is -2.41. The number of hydrogen-bond donors (Lipinski definition) is 1. The Balaban J connectivity index is 1.56. The van der Waals surface area contributed by atoms with Crippen molar-refractivity contribution in [2.75, 3.05) is 18.4 Å². The van der Waals surface area contributed by atoms with Crippen molar-refractivity contribution in [2.45, 2.75) is 19.8 Å². The van der Waals surface area contributed by atoms with Gasteiger partial charge in [-0.2, -0.15) is 0 Å². The van der Waals surface area contributed by atoms with E-state index in [0.29, 0.717) is 42.7 Å². The zero-order chi connectivity index (χ0) is 17.1. The van der Waals surface area contributed by atoms with Gasteiger partial charge in [-0.05, 0) is 49.6 Å². The molecule has 1 fully saturated rings. The molecule has 0 aliphatic carbocycles. The topological polar surface area (TPSA) is 62.6 Å². The molecule has 0 spiro atoms. The minimum absolute atomic E-state index is 0.0722. The Morgan fingerprint density at radius 2 is 2.00 bits per heavy atom. The molecule has 0 radical (unpaired) electrons. The molecule has 2 aromatic rings. The van der Waals surface area contributed by atoms with Gasteiger partial charge in [0.2, 0.25) is 5.91 Å². The Labute approximate surface area is 139 Å². The summed E-state index contributed by atoms with van der Waals surface area (Å²) in [5.41, 5.74) is 1.84. The van der Waals surface area contributed by atoms with E-state index >= 15 is 0 Å². The lowest BCUT2D eigenvalue weighted by atomic mass is 9.95. The number of furan rings is 1. The molecule has 2 amide bonds. The molecule has 0 unspecified atom stereocenters. The largest absolute Gasteiger partial charge is 0.472 e. The fourth-order valence-corrected chi connectivity index (χ4v) is 2.92. The molecule has 3 rings (SSSR count). The van der Waals surface area contributed by atoms with Crippen LogP contribution in [0.15, 0.2) is 41.2 Å². The number of benzene rings is 1. The molecular formula is C18H19FN2O3. The number of carbonyl (C=O) groups is 2. The third-order valence-electron chi connectivity index (χ3n) is 4.37. The van der Waals surface area contributed by atoms with Gasteiger partial charge in [0.1, 0.15) is 12.1 Å². The maximum atomic E-state index is 13.1. The number of nitrogens with one attached hydrogen (secondary N) is 1. The molecule has 126 valence electrons. The monoisotopic (exact) mass is 330 g/mol. The summed E-state index contributed by atoms with van der Waals surface area (Å²) in [7, 11) is 0. The van der Waals surface area contributed by atoms with Crippen LogP contribution in [0.4, 0.5) is 10.1 Å². The van der Waals surface area contributed by atoms with E-state index in [1.165, 1.54) is 24.7 Å². The quantitative estimate of drug-likeness (QED) is 0.940. The van der Waals surface area contributed by atoms with Gasteiger partial charge in [-0.25, -0.2) is 4.39 Å². The van der Waals surface area contributed by atoms with Gasteiger partial charge in [0, 0.05) is 24.7 Å². The number of hydrogen-bond acceptors (Lipinski definition) is 3. The van der Waals surface area contributed by atoms with Crippen LogP contribution >= 0.6 is 0 Å². The number of halogens is 1. The zero-order valence-electron chi connectivity index (χ0n) is 13.4. The highest BCUT2D eigenvalue weighted by Crippen LogP contribution is 2.22. The molecule has 1 aliphatic rings. The van der Waals surface area contributed by atoms with Crippen LogP contribution in [0.1, 0.15) is 28.8 Å². The first-order valence-corrected chi connectivity index (χ1v) is 7.93. The second-order valence-electron chi connectivity index (χ2n) is 6.03. The molecular weight excluding hydrogens is 311 g/mol. The molecule has 0 bridgehead atoms. The lowest BCUT2D eigenvalue weighted by Gasteiger charge is -2.31. The molecule has 1 aliphatic heterocycles. The van der Waals surface area contributed by atoms with Crippen molar-refractivity contribution in [2.24, 2.45) is 5.92 Å². The Morgan fingerprint density at radius 1 is 1.25 bits per heavy atom. The van der Waals surface area contributed by atoms with E-state index < -0.39 is 0 Å². The van der Waals surface area contributed by atoms with Crippen molar-refractivity contribution in [1.29, 1.82) is 0 Å². The number of piperidine rings is 1. The van der Waals surface area contributed by atoms with Crippen LogP contribution in [-0.4, -0.2) is 29.8 Å². The number of anilines is 1. The van der Waals surface area contributed by atoms with Crippen molar-refractivity contribution in [1.82, 2.24) is 4.90 Å². The fourth-order valence-electron chi connectivity index (χ4n) is 2.92. The van der Waals surface area contributed by atoms with E-state index in [1.54, 1.807) is 24.0 Å². The van der Waals surface area contributed by atoms with E-state index in [1.807, 2.05) is 0 Å². The summed E-state index contributed by atoms with van der Waals surface area (Å²) in [4.78, 5) is 26.4. The highest BCUT2D eigenvalue weighted by molar-refractivity contribution is 5.95. The Kier molecular flexibility index (Phi) is 4.64. The van der Waals surface area contributed by atoms with Crippen molar-refractivity contribution < 1.29 is 18.4 Å². The van der Waals surface area contributed by atoms with Crippen LogP contribution in [0.2, 0.25) is 0 Å². The number of likely N-dealkylation sites (tertiary alicyclic amines) is 1. The molecule has 1 aromatic heterocycles. The van der Waals surface area contributed by atoms with Gasteiger partial charge in [0.05, 0.1) is 11.8 Å². The van der Waals surface area contributed by atoms with Crippen molar-refractivity contribution in [3.05, 3.63) is 53.7 Å². The molecule has 0 atom stereocenters. The number of amides is 2. The number of aryl methyl sites for hydroxylation is 1. The Morgan fingerprint density at radius 3 is 2.62 bits per heavy atom. The number of rotatable bonds is 3. The highest BCUT2D eigenvalue weighted by atomic mass is 19.1. The van der Waals surface area contributed by atoms with Gasteiger partial charge in [-0.1, -0.05) is 0 Å². The molecule has 1 N–H and O–H groups in total. The Hall–Kier alpha value is -2.63. The minimum atomic E-state index is -0.323. The van der Waals surface area contributed by atoms with E-state index in [0.717, 1.165) is 0 Å². The summed E-state index contributed by atoms with van der Waals surface area (Å²) in [6, 6.07) is 5.93. The molecule has 0 saturated carbocycles. The third kappa shape index (κ3) is 3.48. The van der Waals surface area contributed by atoms with Crippen molar-refractivity contribution in [3.63, 3.8) is 0 Å². The van der Waals surface area contributed by atoms with Crippen LogP contribution in [-0.2, 0) is 4.79 Å². The second-order valence-corrected chi connectivity index (χ2v) is 6.03. The average Bonchev–Trinajstić information content (AvgIpc) is 3.11. The zero-order valence-corrected chi connectivity index (χ0v) is 13.4. The van der Waals surface area contributed by atoms with Crippen LogP contribution in [0.5, 0.6) is 0 Å². The highest BCUT2D eigenvalue weighted by Gasteiger charge is 2.28. The summed E-state index contributed by atoms with van der Waals surface area (Å²) < 4.78 is 18.1. The van der Waals surface area contributed by atoms with Crippen molar-refractivity contribution in [3.8, 4) is 0 Å². The summed E-state index contributed by atoms with van der Waals surface area (Å²) in [5, 5.41) is 2.85. The third-order valence-corrected chi connectivity index (χ3v) is 4.37. The molecule has 6 heteroatoms. The van der Waals surface area contributed by atoms with Crippen LogP contribution < -0.4 is 5.32 Å². The standard InChI is InChI=1S/C18H19FN2O3/c1-12-10-15(19)2-3-16(12)20-17(22)13-4-7-21(8-5-13)18(23)14-6-9-24-11-14/h2-3,6,9-11,13H,4-5,7-8H2,1H3,(H,20,22). The number of nitrogens with zero attached hydrogens (tertiary/aromatic N) is 1. The SMILES string of the molecule is Cc1cc(F)ccc1NC(=O)C1CCN(C(=O)c2ccoc2)CC1. The van der Waals surface area contributed by atoms with Crippen LogP contribution in [0.25, 0.3) is 0 Å². The molecule has 5 nitrogen and oxygen atoms in total. The summed E-state index contributed by atoms with van der Waals surface area (Å²) in [6.45, 7) is 2.82. The van der Waals surface area contributed by atoms with Crippen LogP contribution in [0, 0.1) is 18.7 Å². The molecule has 2 heterocycles. The van der Waals surface area contributed by atoms with Crippen LogP contribution in [0.3, 0.4) is 0 Å². The van der Waals surface area contributed by atoms with Crippen molar-refractivity contribution >= 4 is 17.5 Å². The maximum absolute atomic E-state index is 13.1. The first-order valence-electron chi connectivity index (χ1n) is 7.93. The summed E-state index contributed by atoms with van der Waals surface area (Å²) in [5.74, 6) is -0.628. The van der Waals surface area contributed by atoms with Gasteiger partial charge in [-0.15, -0.1) is 0 Å². The van der Waals surface area contributed by atoms with E-state index in [4.69, 9.17) is 4.42 Å². The first-order chi connectivity index (χ1) is 11.5. The first kappa shape index (κ1) is 16.2. The lowest BCUT2D eigenvalue weighted by molar-refractivity contribution is -0.121. The smallest absolute Gasteiger partial charge is 0.257 e. The summed E-state index contributed by atoms with van der Waals surface area (Å²) >= 11 is 0. The van der Waals surface area contributed by atoms with Gasteiger partial charge in [-0.3, -0.25) is 9.59 Å². The molecule has 1 aromatic carbocycles.